The van der Waals surface area contributed by atoms with Gasteiger partial charge < -0.3 is 10.2 Å². The van der Waals surface area contributed by atoms with Crippen LogP contribution in [0.5, 0.6) is 5.75 Å². The number of ketones is 1. The topological polar surface area (TPSA) is 104 Å². The molecule has 1 atom stereocenters. The zero-order chi connectivity index (χ0) is 23.3. The van der Waals surface area contributed by atoms with E-state index in [-0.39, 0.29) is 17.1 Å². The van der Waals surface area contributed by atoms with Crippen molar-refractivity contribution >= 4 is 44.1 Å². The number of hydrogen-bond acceptors (Lipinski definition) is 7. The van der Waals surface area contributed by atoms with Crippen molar-refractivity contribution in [2.45, 2.75) is 19.9 Å². The molecule has 0 aliphatic carbocycles. The lowest BCUT2D eigenvalue weighted by atomic mass is 9.95. The van der Waals surface area contributed by atoms with Gasteiger partial charge in [0.1, 0.15) is 11.5 Å². The normalized spacial score (nSPS) is 17.8. The second-order valence-electron chi connectivity index (χ2n) is 7.92. The summed E-state index contributed by atoms with van der Waals surface area (Å²) in [6, 6.07) is 12.5. The summed E-state index contributed by atoms with van der Waals surface area (Å²) < 4.78 is 0.896. The highest BCUT2D eigenvalue weighted by Gasteiger charge is 2.48. The maximum absolute atomic E-state index is 13.3. The summed E-state index contributed by atoms with van der Waals surface area (Å²) >= 11 is 1.31. The number of fused-ring (bicyclic) bond motifs is 1. The number of aliphatic hydroxyl groups is 1. The standard InChI is InChI=1S/C25H19N3O4S/c1-13-10-14(2)20-18(11-13)33-25(27-20)28-21(16-4-3-5-17(29)12-16)19(23(31)24(28)32)22(30)15-6-8-26-9-7-15/h3-12,21,29-30H,1-2H3/b22-19+. The van der Waals surface area contributed by atoms with E-state index in [1.807, 2.05) is 26.0 Å². The molecule has 2 aromatic heterocycles. The predicted molar refractivity (Wildman–Crippen MR) is 126 cm³/mol. The highest BCUT2D eigenvalue weighted by Crippen LogP contribution is 2.45. The number of thiazole rings is 1. The third-order valence-corrected chi connectivity index (χ3v) is 6.61. The van der Waals surface area contributed by atoms with Gasteiger partial charge in [0.2, 0.25) is 0 Å². The van der Waals surface area contributed by atoms with Gasteiger partial charge in [-0.3, -0.25) is 19.5 Å². The first kappa shape index (κ1) is 20.8. The fraction of sp³-hybridized carbons (Fsp3) is 0.120. The molecule has 8 heteroatoms. The van der Waals surface area contributed by atoms with Crippen molar-refractivity contribution in [1.82, 2.24) is 9.97 Å². The van der Waals surface area contributed by atoms with Gasteiger partial charge in [-0.25, -0.2) is 4.98 Å². The van der Waals surface area contributed by atoms with E-state index in [0.29, 0.717) is 16.3 Å². The Morgan fingerprint density at radius 1 is 1.06 bits per heavy atom. The molecule has 1 aliphatic rings. The first-order chi connectivity index (χ1) is 15.8. The SMILES string of the molecule is Cc1cc(C)c2nc(N3C(=O)C(=O)/C(=C(/O)c4ccncc4)C3c3cccc(O)c3)sc2c1. The summed E-state index contributed by atoms with van der Waals surface area (Å²) in [5.41, 5.74) is 3.57. The number of aromatic hydroxyl groups is 1. The number of carbonyl (C=O) groups excluding carboxylic acids is 2. The van der Waals surface area contributed by atoms with Crippen molar-refractivity contribution in [3.8, 4) is 5.75 Å². The van der Waals surface area contributed by atoms with Crippen molar-refractivity contribution in [2.24, 2.45) is 0 Å². The van der Waals surface area contributed by atoms with Gasteiger partial charge in [-0.2, -0.15) is 0 Å². The molecule has 1 saturated heterocycles. The van der Waals surface area contributed by atoms with E-state index in [2.05, 4.69) is 9.97 Å². The molecule has 33 heavy (non-hydrogen) atoms. The van der Waals surface area contributed by atoms with E-state index < -0.39 is 17.7 Å². The largest absolute Gasteiger partial charge is 0.508 e. The summed E-state index contributed by atoms with van der Waals surface area (Å²) in [5.74, 6) is -1.92. The van der Waals surface area contributed by atoms with Crippen LogP contribution in [-0.4, -0.2) is 31.9 Å². The average Bonchev–Trinajstić information content (AvgIpc) is 3.33. The van der Waals surface area contributed by atoms with Crippen molar-refractivity contribution in [1.29, 1.82) is 0 Å². The first-order valence-corrected chi connectivity index (χ1v) is 11.0. The van der Waals surface area contributed by atoms with Crippen LogP contribution in [0.15, 0.2) is 66.5 Å². The molecule has 0 bridgehead atoms. The third-order valence-electron chi connectivity index (χ3n) is 5.61. The summed E-state index contributed by atoms with van der Waals surface area (Å²) in [4.78, 5) is 36.4. The van der Waals surface area contributed by atoms with Gasteiger partial charge in [0.25, 0.3) is 5.78 Å². The van der Waals surface area contributed by atoms with Gasteiger partial charge in [0.05, 0.1) is 21.8 Å². The van der Waals surface area contributed by atoms with Crippen LogP contribution in [0.25, 0.3) is 16.0 Å². The molecule has 2 N–H and O–H groups in total. The van der Waals surface area contributed by atoms with Crippen molar-refractivity contribution in [2.75, 3.05) is 4.90 Å². The van der Waals surface area contributed by atoms with E-state index in [1.165, 1.54) is 40.8 Å². The summed E-state index contributed by atoms with van der Waals surface area (Å²) in [5, 5.41) is 21.5. The molecule has 1 unspecified atom stereocenters. The molecule has 3 heterocycles. The molecule has 2 aromatic carbocycles. The van der Waals surface area contributed by atoms with Gasteiger partial charge in [0, 0.05) is 18.0 Å². The fourth-order valence-electron chi connectivity index (χ4n) is 4.17. The Bertz CT molecular complexity index is 1460. The van der Waals surface area contributed by atoms with Gasteiger partial charge in [-0.1, -0.05) is 29.5 Å². The predicted octanol–water partition coefficient (Wildman–Crippen LogP) is 4.64. The van der Waals surface area contributed by atoms with Crippen LogP contribution in [0.2, 0.25) is 0 Å². The monoisotopic (exact) mass is 457 g/mol. The molecule has 7 nitrogen and oxygen atoms in total. The van der Waals surface area contributed by atoms with E-state index in [4.69, 9.17) is 0 Å². The Labute approximate surface area is 193 Å². The number of hydrogen-bond donors (Lipinski definition) is 2. The molecule has 1 aliphatic heterocycles. The minimum Gasteiger partial charge on any atom is -0.508 e. The van der Waals surface area contributed by atoms with Gasteiger partial charge >= 0.3 is 5.91 Å². The number of pyridine rings is 1. The molecule has 164 valence electrons. The van der Waals surface area contributed by atoms with Crippen molar-refractivity contribution in [3.63, 3.8) is 0 Å². The Kier molecular flexibility index (Phi) is 4.94. The van der Waals surface area contributed by atoms with E-state index in [9.17, 15) is 19.8 Å². The van der Waals surface area contributed by atoms with E-state index in [0.717, 1.165) is 21.3 Å². The zero-order valence-corrected chi connectivity index (χ0v) is 18.6. The second-order valence-corrected chi connectivity index (χ2v) is 8.93. The molecule has 0 spiro atoms. The number of rotatable bonds is 3. The van der Waals surface area contributed by atoms with Gasteiger partial charge in [0.15, 0.2) is 5.13 Å². The smallest absolute Gasteiger partial charge is 0.301 e. The molecule has 5 rings (SSSR count). The number of amides is 1. The number of nitrogens with zero attached hydrogens (tertiary/aromatic N) is 3. The Morgan fingerprint density at radius 3 is 2.55 bits per heavy atom. The summed E-state index contributed by atoms with van der Waals surface area (Å²) in [6.07, 6.45) is 2.99. The van der Waals surface area contributed by atoms with Crippen LogP contribution in [0.1, 0.15) is 28.3 Å². The second kappa shape index (κ2) is 7.83. The average molecular weight is 458 g/mol. The van der Waals surface area contributed by atoms with Crippen LogP contribution >= 0.6 is 11.3 Å². The molecule has 1 amide bonds. The van der Waals surface area contributed by atoms with Gasteiger partial charge in [-0.15, -0.1) is 0 Å². The number of phenolic OH excluding ortho intramolecular Hbond substituents is 1. The molecule has 1 fully saturated rings. The molecule has 0 saturated carbocycles. The number of carbonyl (C=O) groups is 2. The van der Waals surface area contributed by atoms with Gasteiger partial charge in [-0.05, 0) is 60.9 Å². The number of anilines is 1. The first-order valence-electron chi connectivity index (χ1n) is 10.2. The highest BCUT2D eigenvalue weighted by molar-refractivity contribution is 7.22. The zero-order valence-electron chi connectivity index (χ0n) is 17.8. The maximum Gasteiger partial charge on any atom is 0.301 e. The molecular formula is C25H19N3O4S. The van der Waals surface area contributed by atoms with Crippen LogP contribution in [0, 0.1) is 13.8 Å². The van der Waals surface area contributed by atoms with E-state index in [1.54, 1.807) is 24.3 Å². The van der Waals surface area contributed by atoms with Crippen LogP contribution in [0.3, 0.4) is 0 Å². The Morgan fingerprint density at radius 2 is 1.82 bits per heavy atom. The highest BCUT2D eigenvalue weighted by atomic mass is 32.1. The third kappa shape index (κ3) is 3.44. The lowest BCUT2D eigenvalue weighted by molar-refractivity contribution is -0.132. The number of Topliss-reactive ketones (excluding diaryl/α,β-unsaturated/α-hetero) is 1. The lowest BCUT2D eigenvalue weighted by Crippen LogP contribution is -2.29. The number of aromatic nitrogens is 2. The quantitative estimate of drug-likeness (QED) is 0.264. The minimum absolute atomic E-state index is 0.0160. The maximum atomic E-state index is 13.3. The van der Waals surface area contributed by atoms with E-state index >= 15 is 0 Å². The number of benzene rings is 2. The summed E-state index contributed by atoms with van der Waals surface area (Å²) in [6.45, 7) is 3.93. The number of aryl methyl sites for hydroxylation is 2. The van der Waals surface area contributed by atoms with Crippen molar-refractivity contribution < 1.29 is 19.8 Å². The van der Waals surface area contributed by atoms with Crippen LogP contribution in [-0.2, 0) is 9.59 Å². The fourth-order valence-corrected chi connectivity index (χ4v) is 5.34. The van der Waals surface area contributed by atoms with Crippen LogP contribution < -0.4 is 4.90 Å². The lowest BCUT2D eigenvalue weighted by Gasteiger charge is -2.23. The molecular weight excluding hydrogens is 438 g/mol. The Hall–Kier alpha value is -4.04. The summed E-state index contributed by atoms with van der Waals surface area (Å²) in [7, 11) is 0. The Balaban J connectivity index is 1.76. The molecule has 4 aromatic rings. The minimum atomic E-state index is -0.952. The number of phenols is 1. The number of aliphatic hydroxyl groups excluding tert-OH is 1. The molecule has 0 radical (unpaired) electrons. The van der Waals surface area contributed by atoms with Crippen LogP contribution in [0.4, 0.5) is 5.13 Å². The van der Waals surface area contributed by atoms with Crippen molar-refractivity contribution in [3.05, 3.63) is 88.8 Å².